The van der Waals surface area contributed by atoms with E-state index in [0.717, 1.165) is 0 Å². The maximum Gasteiger partial charge on any atom is 0.412 e. The quantitative estimate of drug-likeness (QED) is 0.529. The topological polar surface area (TPSA) is 137 Å². The monoisotopic (exact) mass is 533 g/mol. The first-order valence-electron chi connectivity index (χ1n) is 11.0. The molecule has 3 N–H and O–H groups in total. The van der Waals surface area contributed by atoms with Crippen LogP contribution < -0.4 is 10.5 Å². The van der Waals surface area contributed by atoms with E-state index in [9.17, 15) is 18.0 Å². The van der Waals surface area contributed by atoms with Crippen molar-refractivity contribution in [3.05, 3.63) is 76.3 Å². The Hall–Kier alpha value is -3.48. The fourth-order valence-corrected chi connectivity index (χ4v) is 5.44. The van der Waals surface area contributed by atoms with Gasteiger partial charge >= 0.3 is 6.09 Å². The maximum atomic E-state index is 15.1. The third-order valence-corrected chi connectivity index (χ3v) is 7.47. The van der Waals surface area contributed by atoms with Gasteiger partial charge in [-0.15, -0.1) is 0 Å². The third-order valence-electron chi connectivity index (χ3n) is 6.27. The molecule has 2 aliphatic rings. The third kappa shape index (κ3) is 4.43. The summed E-state index contributed by atoms with van der Waals surface area (Å²) in [6.45, 7) is 0.538. The summed E-state index contributed by atoms with van der Waals surface area (Å²) in [5.74, 6) is -1.06. The van der Waals surface area contributed by atoms with E-state index in [1.165, 1.54) is 46.2 Å². The number of nitrogens with two attached hydrogens (primary N) is 1. The molecule has 1 saturated heterocycles. The lowest BCUT2D eigenvalue weighted by molar-refractivity contribution is -0.0418. The zero-order valence-corrected chi connectivity index (χ0v) is 20.4. The molecule has 36 heavy (non-hydrogen) atoms. The van der Waals surface area contributed by atoms with Crippen LogP contribution in [0.1, 0.15) is 34.3 Å². The average molecular weight is 534 g/mol. The molecule has 13 heteroatoms. The number of rotatable bonds is 4. The molecular weight excluding hydrogens is 513 g/mol. The minimum Gasteiger partial charge on any atom is -0.436 e. The molecule has 0 aliphatic carbocycles. The average Bonchev–Trinajstić information content (AvgIpc) is 3.29. The Morgan fingerprint density at radius 1 is 1.31 bits per heavy atom. The van der Waals surface area contributed by atoms with Crippen LogP contribution in [0, 0.1) is 5.82 Å². The number of piperidine rings is 1. The molecule has 0 saturated carbocycles. The number of nitrogens with zero attached hydrogens (tertiary/aromatic N) is 3. The Bertz CT molecular complexity index is 1490. The van der Waals surface area contributed by atoms with Gasteiger partial charge in [-0.3, -0.25) is 14.8 Å². The van der Waals surface area contributed by atoms with Crippen LogP contribution in [0.2, 0.25) is 5.02 Å². The number of carbonyl (C=O) groups is 2. The van der Waals surface area contributed by atoms with E-state index in [4.69, 9.17) is 21.5 Å². The van der Waals surface area contributed by atoms with Gasteiger partial charge in [0.25, 0.3) is 5.91 Å². The molecule has 3 aromatic rings. The summed E-state index contributed by atoms with van der Waals surface area (Å²) in [4.78, 5) is 27.1. The lowest BCUT2D eigenvalue weighted by Gasteiger charge is -2.45. The minimum absolute atomic E-state index is 0.0220. The lowest BCUT2D eigenvalue weighted by atomic mass is 9.83. The van der Waals surface area contributed by atoms with Gasteiger partial charge < -0.3 is 9.64 Å². The first kappa shape index (κ1) is 24.2. The summed E-state index contributed by atoms with van der Waals surface area (Å²) < 4.78 is 45.4. The van der Waals surface area contributed by atoms with Gasteiger partial charge in [0.15, 0.2) is 11.4 Å². The van der Waals surface area contributed by atoms with Gasteiger partial charge in [0.2, 0.25) is 10.0 Å². The number of ether oxygens (including phenoxy) is 1. The summed E-state index contributed by atoms with van der Waals surface area (Å²) in [6, 6.07) is 8.99. The number of likely N-dealkylation sites (tertiary alicyclic amines) is 1. The van der Waals surface area contributed by atoms with E-state index in [2.05, 4.69) is 10.4 Å². The number of nitrogens with one attached hydrogen (secondary N) is 1. The number of sulfonamides is 1. The summed E-state index contributed by atoms with van der Waals surface area (Å²) in [5.41, 5.74) is -0.0765. The number of fused-ring (bicyclic) bond motifs is 2. The molecule has 2 aromatic carbocycles. The first-order chi connectivity index (χ1) is 17.1. The van der Waals surface area contributed by atoms with Gasteiger partial charge in [0.05, 0.1) is 46.0 Å². The normalized spacial score (nSPS) is 19.5. The largest absolute Gasteiger partial charge is 0.436 e. The zero-order chi connectivity index (χ0) is 25.7. The van der Waals surface area contributed by atoms with Gasteiger partial charge in [-0.2, -0.15) is 5.10 Å². The molecule has 1 atom stereocenters. The number of benzene rings is 2. The Labute approximate surface area is 210 Å². The molecule has 188 valence electrons. The van der Waals surface area contributed by atoms with Crippen molar-refractivity contribution in [2.75, 3.05) is 18.4 Å². The van der Waals surface area contributed by atoms with Crippen molar-refractivity contribution in [3.63, 3.8) is 0 Å². The second-order valence-electron chi connectivity index (χ2n) is 8.74. The maximum absolute atomic E-state index is 15.1. The van der Waals surface area contributed by atoms with Gasteiger partial charge in [-0.25, -0.2) is 22.7 Å². The molecule has 1 aromatic heterocycles. The highest BCUT2D eigenvalue weighted by molar-refractivity contribution is 7.89. The smallest absolute Gasteiger partial charge is 0.412 e. The van der Waals surface area contributed by atoms with Crippen molar-refractivity contribution in [1.29, 1.82) is 0 Å². The highest BCUT2D eigenvalue weighted by Gasteiger charge is 2.48. The second-order valence-corrected chi connectivity index (χ2v) is 10.7. The van der Waals surface area contributed by atoms with Crippen LogP contribution in [0.25, 0.3) is 0 Å². The number of anilines is 1. The Morgan fingerprint density at radius 3 is 2.89 bits per heavy atom. The van der Waals surface area contributed by atoms with Crippen LogP contribution >= 0.6 is 11.6 Å². The summed E-state index contributed by atoms with van der Waals surface area (Å²) in [7, 11) is -3.85. The number of hydrogen-bond acceptors (Lipinski definition) is 6. The van der Waals surface area contributed by atoms with Crippen LogP contribution in [0.5, 0.6) is 0 Å². The second kappa shape index (κ2) is 8.87. The fourth-order valence-electron chi connectivity index (χ4n) is 4.70. The molecular formula is C23H21ClFN5O5S. The van der Waals surface area contributed by atoms with Crippen molar-refractivity contribution < 1.29 is 27.1 Å². The van der Waals surface area contributed by atoms with Crippen LogP contribution in [0.4, 0.5) is 14.9 Å². The van der Waals surface area contributed by atoms with E-state index in [-0.39, 0.29) is 45.7 Å². The van der Waals surface area contributed by atoms with E-state index in [1.54, 1.807) is 12.1 Å². The Balaban J connectivity index is 1.38. The van der Waals surface area contributed by atoms with E-state index in [0.29, 0.717) is 24.9 Å². The number of halogens is 2. The Morgan fingerprint density at radius 2 is 2.11 bits per heavy atom. The van der Waals surface area contributed by atoms with Crippen LogP contribution in [-0.2, 0) is 26.9 Å². The zero-order valence-electron chi connectivity index (χ0n) is 18.8. The Kier molecular flexibility index (Phi) is 5.97. The molecule has 0 radical (unpaired) electrons. The molecule has 0 bridgehead atoms. The lowest BCUT2D eigenvalue weighted by Crippen LogP contribution is -2.53. The minimum atomic E-state index is -3.85. The molecule has 10 nitrogen and oxygen atoms in total. The van der Waals surface area contributed by atoms with E-state index < -0.39 is 27.5 Å². The van der Waals surface area contributed by atoms with Crippen molar-refractivity contribution in [2.24, 2.45) is 5.14 Å². The molecule has 1 fully saturated rings. The van der Waals surface area contributed by atoms with Crippen LogP contribution in [-0.4, -0.2) is 48.2 Å². The van der Waals surface area contributed by atoms with Gasteiger partial charge in [-0.05, 0) is 42.7 Å². The highest BCUT2D eigenvalue weighted by atomic mass is 35.5. The molecule has 2 aliphatic heterocycles. The summed E-state index contributed by atoms with van der Waals surface area (Å²) in [6.07, 6.45) is 3.00. The molecule has 0 unspecified atom stereocenters. The predicted molar refractivity (Wildman–Crippen MR) is 127 cm³/mol. The highest BCUT2D eigenvalue weighted by Crippen LogP contribution is 2.45. The van der Waals surface area contributed by atoms with Crippen molar-refractivity contribution in [2.45, 2.75) is 29.9 Å². The van der Waals surface area contributed by atoms with Crippen LogP contribution in [0.15, 0.2) is 53.7 Å². The van der Waals surface area contributed by atoms with E-state index >= 15 is 4.39 Å². The standard InChI is InChI=1S/C23H21ClFN5O5S/c24-17-5-6-18-19(20(17)25)23(35-22(32)28-18)7-2-8-29(13-23)21(31)15-10-27-30(12-15)11-14-3-1-4-16(9-14)36(26,33)34/h1,3-6,9-10,12H,2,7-8,11,13H2,(H,28,32)(H2,26,33,34)/t23-/m0/s1. The summed E-state index contributed by atoms with van der Waals surface area (Å²) in [5, 5.41) is 11.8. The number of aromatic nitrogens is 2. The molecule has 5 rings (SSSR count). The van der Waals surface area contributed by atoms with Crippen molar-refractivity contribution in [1.82, 2.24) is 14.7 Å². The van der Waals surface area contributed by atoms with Crippen LogP contribution in [0.3, 0.4) is 0 Å². The SMILES string of the molecule is NS(=O)(=O)c1cccc(Cn2cc(C(=O)N3CCC[C@@]4(C3)OC(=O)Nc3ccc(Cl)c(F)c34)cn2)c1. The predicted octanol–water partition coefficient (Wildman–Crippen LogP) is 3.06. The fraction of sp³-hybridized carbons (Fsp3) is 0.261. The molecule has 2 amide bonds. The number of hydrogen-bond donors (Lipinski definition) is 2. The first-order valence-corrected chi connectivity index (χ1v) is 12.9. The van der Waals surface area contributed by atoms with Gasteiger partial charge in [-0.1, -0.05) is 23.7 Å². The van der Waals surface area contributed by atoms with E-state index in [1.807, 2.05) is 0 Å². The number of primary sulfonamides is 1. The van der Waals surface area contributed by atoms with Gasteiger partial charge in [0, 0.05) is 12.7 Å². The summed E-state index contributed by atoms with van der Waals surface area (Å²) >= 11 is 6.01. The number of amides is 2. The van der Waals surface area contributed by atoms with Crippen molar-refractivity contribution >= 4 is 39.3 Å². The molecule has 3 heterocycles. The van der Waals surface area contributed by atoms with Gasteiger partial charge in [0.1, 0.15) is 0 Å². The number of carbonyl (C=O) groups excluding carboxylic acids is 2. The molecule has 1 spiro atoms. The van der Waals surface area contributed by atoms with Crippen molar-refractivity contribution in [3.8, 4) is 0 Å².